The number of rotatable bonds is 2. The topological polar surface area (TPSA) is 61.8 Å². The molecule has 0 aliphatic carbocycles. The first-order valence-electron chi connectivity index (χ1n) is 6.48. The second-order valence-electron chi connectivity index (χ2n) is 5.16. The Labute approximate surface area is 129 Å². The number of hydrogen-bond acceptors (Lipinski definition) is 5. The van der Waals surface area contributed by atoms with Crippen molar-refractivity contribution in [2.24, 2.45) is 0 Å². The smallest absolute Gasteiger partial charge is 0.419 e. The van der Waals surface area contributed by atoms with Crippen LogP contribution in [0.2, 0.25) is 0 Å². The van der Waals surface area contributed by atoms with E-state index >= 15 is 0 Å². The van der Waals surface area contributed by atoms with Gasteiger partial charge in [-0.3, -0.25) is 0 Å². The largest absolute Gasteiger partial charge is 0.495 e. The normalized spacial score (nSPS) is 17.4. The van der Waals surface area contributed by atoms with Gasteiger partial charge < -0.3 is 14.2 Å². The molecule has 1 fully saturated rings. The van der Waals surface area contributed by atoms with Crippen molar-refractivity contribution in [3.63, 3.8) is 0 Å². The van der Waals surface area contributed by atoms with Crippen molar-refractivity contribution in [2.45, 2.75) is 25.8 Å². The van der Waals surface area contributed by atoms with E-state index in [0.29, 0.717) is 0 Å². The molecule has 0 aromatic heterocycles. The van der Waals surface area contributed by atoms with Crippen LogP contribution in [0.1, 0.15) is 25.0 Å². The van der Waals surface area contributed by atoms with Gasteiger partial charge in [-0.2, -0.15) is 13.2 Å². The monoisotopic (exact) mass is 330 g/mol. The van der Waals surface area contributed by atoms with E-state index in [4.69, 9.17) is 14.2 Å². The van der Waals surface area contributed by atoms with Crippen LogP contribution in [0, 0.1) is 0 Å². The number of methoxy groups -OCH3 is 1. The molecule has 0 amide bonds. The Morgan fingerprint density at radius 2 is 1.70 bits per heavy atom. The van der Waals surface area contributed by atoms with Crippen molar-refractivity contribution < 1.29 is 37.0 Å². The molecular formula is C15H13F3O5. The van der Waals surface area contributed by atoms with Crippen molar-refractivity contribution in [1.29, 1.82) is 0 Å². The van der Waals surface area contributed by atoms with Crippen LogP contribution in [0.4, 0.5) is 13.2 Å². The molecule has 0 atom stereocenters. The molecule has 23 heavy (non-hydrogen) atoms. The molecule has 0 spiro atoms. The van der Waals surface area contributed by atoms with Gasteiger partial charge in [-0.25, -0.2) is 9.59 Å². The molecule has 1 heterocycles. The van der Waals surface area contributed by atoms with Gasteiger partial charge in [0.25, 0.3) is 5.79 Å². The highest BCUT2D eigenvalue weighted by atomic mass is 19.4. The maximum Gasteiger partial charge on any atom is 0.419 e. The Bertz CT molecular complexity index is 667. The van der Waals surface area contributed by atoms with Crippen LogP contribution in [-0.4, -0.2) is 24.8 Å². The zero-order chi connectivity index (χ0) is 17.4. The first-order chi connectivity index (χ1) is 10.5. The average Bonchev–Trinajstić information content (AvgIpc) is 2.40. The maximum absolute atomic E-state index is 13.0. The molecule has 0 radical (unpaired) electrons. The van der Waals surface area contributed by atoms with Gasteiger partial charge in [0.15, 0.2) is 0 Å². The SMILES string of the molecule is COc1c(C=C2C(=O)OC(C)(C)OC2=O)cccc1C(F)(F)F. The van der Waals surface area contributed by atoms with Gasteiger partial charge in [-0.15, -0.1) is 0 Å². The van der Waals surface area contributed by atoms with Crippen molar-refractivity contribution >= 4 is 18.0 Å². The molecule has 0 N–H and O–H groups in total. The Morgan fingerprint density at radius 1 is 1.13 bits per heavy atom. The molecular weight excluding hydrogens is 317 g/mol. The third kappa shape index (κ3) is 3.46. The molecule has 124 valence electrons. The zero-order valence-corrected chi connectivity index (χ0v) is 12.5. The highest BCUT2D eigenvalue weighted by molar-refractivity contribution is 6.19. The summed E-state index contributed by atoms with van der Waals surface area (Å²) in [6, 6.07) is 3.25. The Balaban J connectivity index is 2.52. The van der Waals surface area contributed by atoms with Gasteiger partial charge in [0.05, 0.1) is 12.7 Å². The molecule has 1 aliphatic heterocycles. The first-order valence-corrected chi connectivity index (χ1v) is 6.48. The molecule has 1 aromatic carbocycles. The fourth-order valence-electron chi connectivity index (χ4n) is 2.05. The number of cyclic esters (lactones) is 2. The summed E-state index contributed by atoms with van der Waals surface area (Å²) in [5.74, 6) is -3.89. The van der Waals surface area contributed by atoms with E-state index in [9.17, 15) is 22.8 Å². The van der Waals surface area contributed by atoms with E-state index in [2.05, 4.69) is 0 Å². The van der Waals surface area contributed by atoms with E-state index in [0.717, 1.165) is 25.3 Å². The second-order valence-corrected chi connectivity index (χ2v) is 5.16. The first kappa shape index (κ1) is 16.9. The van der Waals surface area contributed by atoms with Crippen LogP contribution in [0.3, 0.4) is 0 Å². The molecule has 0 saturated carbocycles. The predicted octanol–water partition coefficient (Wildman–Crippen LogP) is 2.93. The lowest BCUT2D eigenvalue weighted by Crippen LogP contribution is -2.41. The molecule has 8 heteroatoms. The molecule has 1 aliphatic rings. The molecule has 5 nitrogen and oxygen atoms in total. The number of halogens is 3. The average molecular weight is 330 g/mol. The second kappa shape index (κ2) is 5.60. The molecule has 0 bridgehead atoms. The van der Waals surface area contributed by atoms with Crippen LogP contribution in [0.5, 0.6) is 5.75 Å². The van der Waals surface area contributed by atoms with E-state index in [1.807, 2.05) is 0 Å². The fourth-order valence-corrected chi connectivity index (χ4v) is 2.05. The highest BCUT2D eigenvalue weighted by Gasteiger charge is 2.40. The quantitative estimate of drug-likeness (QED) is 0.474. The Morgan fingerprint density at radius 3 is 2.17 bits per heavy atom. The number of esters is 2. The third-order valence-electron chi connectivity index (χ3n) is 2.97. The molecule has 1 aromatic rings. The predicted molar refractivity (Wildman–Crippen MR) is 72.2 cm³/mol. The maximum atomic E-state index is 13.0. The van der Waals surface area contributed by atoms with Crippen molar-refractivity contribution in [3.05, 3.63) is 34.9 Å². The number of ether oxygens (including phenoxy) is 3. The van der Waals surface area contributed by atoms with E-state index < -0.39 is 40.8 Å². The van der Waals surface area contributed by atoms with Crippen LogP contribution < -0.4 is 4.74 Å². The van der Waals surface area contributed by atoms with Gasteiger partial charge in [0.2, 0.25) is 0 Å². The summed E-state index contributed by atoms with van der Waals surface area (Å²) in [5.41, 5.74) is -1.62. The lowest BCUT2D eigenvalue weighted by molar-refractivity contribution is -0.222. The van der Waals surface area contributed by atoms with Crippen molar-refractivity contribution in [3.8, 4) is 5.75 Å². The lowest BCUT2D eigenvalue weighted by Gasteiger charge is -2.29. The van der Waals surface area contributed by atoms with Crippen LogP contribution >= 0.6 is 0 Å². The summed E-state index contributed by atoms with van der Waals surface area (Å²) in [6.07, 6.45) is -3.69. The summed E-state index contributed by atoms with van der Waals surface area (Å²) < 4.78 is 53.5. The minimum Gasteiger partial charge on any atom is -0.495 e. The van der Waals surface area contributed by atoms with Crippen LogP contribution in [-0.2, 0) is 25.2 Å². The van der Waals surface area contributed by atoms with Crippen LogP contribution in [0.15, 0.2) is 23.8 Å². The summed E-state index contributed by atoms with van der Waals surface area (Å²) in [6.45, 7) is 2.73. The minimum absolute atomic E-state index is 0.0917. The number of para-hydroxylation sites is 1. The number of carbonyl (C=O) groups is 2. The third-order valence-corrected chi connectivity index (χ3v) is 2.97. The lowest BCUT2D eigenvalue weighted by atomic mass is 10.0. The number of alkyl halides is 3. The van der Waals surface area contributed by atoms with E-state index in [1.165, 1.54) is 19.9 Å². The summed E-state index contributed by atoms with van der Waals surface area (Å²) in [7, 11) is 1.06. The van der Waals surface area contributed by atoms with E-state index in [-0.39, 0.29) is 5.56 Å². The van der Waals surface area contributed by atoms with Gasteiger partial charge in [0, 0.05) is 19.4 Å². The van der Waals surface area contributed by atoms with Crippen molar-refractivity contribution in [2.75, 3.05) is 7.11 Å². The van der Waals surface area contributed by atoms with Crippen LogP contribution in [0.25, 0.3) is 6.08 Å². The number of carbonyl (C=O) groups excluding carboxylic acids is 2. The van der Waals surface area contributed by atoms with E-state index in [1.54, 1.807) is 0 Å². The van der Waals surface area contributed by atoms with Gasteiger partial charge in [-0.1, -0.05) is 12.1 Å². The highest BCUT2D eigenvalue weighted by Crippen LogP contribution is 2.39. The number of hydrogen-bond donors (Lipinski definition) is 0. The zero-order valence-electron chi connectivity index (χ0n) is 12.5. The molecule has 2 rings (SSSR count). The number of benzene rings is 1. The standard InChI is InChI=1S/C15H13F3O5/c1-14(2)22-12(19)9(13(20)23-14)7-8-5-4-6-10(11(8)21-3)15(16,17)18/h4-7H,1-3H3. The Kier molecular flexibility index (Phi) is 4.10. The minimum atomic E-state index is -4.64. The Hall–Kier alpha value is -2.51. The summed E-state index contributed by atoms with van der Waals surface area (Å²) in [4.78, 5) is 23.7. The van der Waals surface area contributed by atoms with Gasteiger partial charge >= 0.3 is 18.1 Å². The van der Waals surface area contributed by atoms with Crippen molar-refractivity contribution in [1.82, 2.24) is 0 Å². The molecule has 1 saturated heterocycles. The summed E-state index contributed by atoms with van der Waals surface area (Å²) >= 11 is 0. The summed E-state index contributed by atoms with van der Waals surface area (Å²) in [5, 5.41) is 0. The fraction of sp³-hybridized carbons (Fsp3) is 0.333. The molecule has 0 unspecified atom stereocenters. The van der Waals surface area contributed by atoms with Gasteiger partial charge in [0.1, 0.15) is 11.3 Å². The van der Waals surface area contributed by atoms with Gasteiger partial charge in [-0.05, 0) is 12.1 Å².